The van der Waals surface area contributed by atoms with Gasteiger partial charge in [-0.3, -0.25) is 4.79 Å². The third-order valence-electron chi connectivity index (χ3n) is 4.47. The van der Waals surface area contributed by atoms with Gasteiger partial charge < -0.3 is 14.5 Å². The molecule has 10 heteroatoms. The fourth-order valence-corrected chi connectivity index (χ4v) is 3.72. The summed E-state index contributed by atoms with van der Waals surface area (Å²) in [6.45, 7) is 6.66. The first kappa shape index (κ1) is 20.3. The van der Waals surface area contributed by atoms with Gasteiger partial charge in [0.15, 0.2) is 0 Å². The van der Waals surface area contributed by atoms with Gasteiger partial charge in [0.1, 0.15) is 11.4 Å². The fourth-order valence-electron chi connectivity index (χ4n) is 3.20. The van der Waals surface area contributed by atoms with Crippen molar-refractivity contribution in [3.05, 3.63) is 40.7 Å². The highest BCUT2D eigenvalue weighted by molar-refractivity contribution is 7.89. The summed E-state index contributed by atoms with van der Waals surface area (Å²) < 4.78 is 42.2. The smallest absolute Gasteiger partial charge is 0.410 e. The van der Waals surface area contributed by atoms with Crippen LogP contribution in [0.5, 0.6) is 0 Å². The molecular weight excluding hydrogens is 389 g/mol. The molecule has 152 valence electrons. The van der Waals surface area contributed by atoms with E-state index < -0.39 is 38.3 Å². The number of sulfonamides is 1. The van der Waals surface area contributed by atoms with Crippen molar-refractivity contribution in [3.8, 4) is 0 Å². The van der Waals surface area contributed by atoms with Gasteiger partial charge in [-0.1, -0.05) is 0 Å². The Bertz CT molecular complexity index is 963. The quantitative estimate of drug-likeness (QED) is 0.741. The summed E-state index contributed by atoms with van der Waals surface area (Å²) in [5.41, 5.74) is 1.05. The number of halogens is 1. The van der Waals surface area contributed by atoms with E-state index in [-0.39, 0.29) is 18.7 Å². The van der Waals surface area contributed by atoms with Crippen molar-refractivity contribution in [2.75, 3.05) is 26.2 Å². The van der Waals surface area contributed by atoms with E-state index >= 15 is 0 Å². The zero-order valence-corrected chi connectivity index (χ0v) is 16.7. The SMILES string of the molecule is CC(C)(C)OC(=O)N1CC2=C(C1)CN(C(=O)c1ccc(S(N)(=O)=O)cc1F)C2. The maximum atomic E-state index is 14.2. The molecule has 2 heterocycles. The minimum Gasteiger partial charge on any atom is -0.444 e. The average molecular weight is 411 g/mol. The second-order valence-electron chi connectivity index (χ2n) is 7.89. The molecule has 0 saturated heterocycles. The summed E-state index contributed by atoms with van der Waals surface area (Å²) in [4.78, 5) is 27.5. The number of ether oxygens (including phenoxy) is 1. The number of carbonyl (C=O) groups is 2. The molecule has 28 heavy (non-hydrogen) atoms. The number of hydrogen-bond acceptors (Lipinski definition) is 5. The van der Waals surface area contributed by atoms with Crippen LogP contribution in [0.2, 0.25) is 0 Å². The van der Waals surface area contributed by atoms with Crippen LogP contribution in [0.1, 0.15) is 31.1 Å². The van der Waals surface area contributed by atoms with E-state index in [1.807, 2.05) is 0 Å². The number of primary sulfonamides is 1. The number of rotatable bonds is 2. The number of nitrogens with zero attached hydrogens (tertiary/aromatic N) is 2. The first-order valence-corrected chi connectivity index (χ1v) is 10.2. The molecule has 0 fully saturated rings. The summed E-state index contributed by atoms with van der Waals surface area (Å²) >= 11 is 0. The molecule has 1 aromatic carbocycles. The molecule has 0 atom stereocenters. The molecule has 0 saturated carbocycles. The zero-order chi connectivity index (χ0) is 20.9. The highest BCUT2D eigenvalue weighted by atomic mass is 32.2. The van der Waals surface area contributed by atoms with Crippen LogP contribution < -0.4 is 5.14 Å². The van der Waals surface area contributed by atoms with Crippen molar-refractivity contribution in [2.45, 2.75) is 31.3 Å². The maximum Gasteiger partial charge on any atom is 0.410 e. The molecule has 0 radical (unpaired) electrons. The van der Waals surface area contributed by atoms with Crippen molar-refractivity contribution in [2.24, 2.45) is 5.14 Å². The van der Waals surface area contributed by atoms with Crippen LogP contribution in [-0.2, 0) is 14.8 Å². The Hall–Kier alpha value is -2.46. The van der Waals surface area contributed by atoms with E-state index in [9.17, 15) is 22.4 Å². The van der Waals surface area contributed by atoms with Gasteiger partial charge in [-0.05, 0) is 50.1 Å². The largest absolute Gasteiger partial charge is 0.444 e. The van der Waals surface area contributed by atoms with Crippen molar-refractivity contribution < 1.29 is 27.1 Å². The average Bonchev–Trinajstić information content (AvgIpc) is 3.10. The Morgan fingerprint density at radius 3 is 2.07 bits per heavy atom. The predicted octanol–water partition coefficient (Wildman–Crippen LogP) is 1.48. The number of nitrogens with two attached hydrogens (primary N) is 1. The van der Waals surface area contributed by atoms with Crippen molar-refractivity contribution in [3.63, 3.8) is 0 Å². The molecule has 2 N–H and O–H groups in total. The summed E-state index contributed by atoms with van der Waals surface area (Å²) in [7, 11) is -4.05. The van der Waals surface area contributed by atoms with Crippen LogP contribution in [0.4, 0.5) is 9.18 Å². The van der Waals surface area contributed by atoms with Gasteiger partial charge in [-0.15, -0.1) is 0 Å². The number of amides is 2. The molecule has 2 amide bonds. The fraction of sp³-hybridized carbons (Fsp3) is 0.444. The Kier molecular flexibility index (Phi) is 4.96. The molecule has 0 aromatic heterocycles. The van der Waals surface area contributed by atoms with E-state index in [1.54, 1.807) is 25.7 Å². The van der Waals surface area contributed by atoms with Gasteiger partial charge in [0.25, 0.3) is 5.91 Å². The van der Waals surface area contributed by atoms with Gasteiger partial charge in [0, 0.05) is 26.2 Å². The molecule has 1 aromatic rings. The monoisotopic (exact) mass is 411 g/mol. The second kappa shape index (κ2) is 6.85. The van der Waals surface area contributed by atoms with Gasteiger partial charge in [0.2, 0.25) is 10.0 Å². The lowest BCUT2D eigenvalue weighted by Crippen LogP contribution is -2.39. The van der Waals surface area contributed by atoms with Gasteiger partial charge in [-0.2, -0.15) is 0 Å². The Morgan fingerprint density at radius 2 is 1.61 bits per heavy atom. The van der Waals surface area contributed by atoms with E-state index in [1.165, 1.54) is 4.90 Å². The first-order valence-electron chi connectivity index (χ1n) is 8.64. The van der Waals surface area contributed by atoms with Crippen LogP contribution in [-0.4, -0.2) is 62.0 Å². The van der Waals surface area contributed by atoms with E-state index in [2.05, 4.69) is 0 Å². The Morgan fingerprint density at radius 1 is 1.07 bits per heavy atom. The van der Waals surface area contributed by atoms with Crippen LogP contribution in [0.3, 0.4) is 0 Å². The van der Waals surface area contributed by atoms with E-state index in [0.29, 0.717) is 13.1 Å². The number of carbonyl (C=O) groups excluding carboxylic acids is 2. The van der Waals surface area contributed by atoms with Gasteiger partial charge in [0.05, 0.1) is 10.5 Å². The predicted molar refractivity (Wildman–Crippen MR) is 98.5 cm³/mol. The summed E-state index contributed by atoms with van der Waals surface area (Å²) in [6.07, 6.45) is -0.413. The lowest BCUT2D eigenvalue weighted by Gasteiger charge is -2.26. The molecule has 0 spiro atoms. The number of hydrogen-bond donors (Lipinski definition) is 1. The Balaban J connectivity index is 1.65. The summed E-state index contributed by atoms with van der Waals surface area (Å²) in [6, 6.07) is 2.96. The minimum absolute atomic E-state index is 0.224. The molecule has 2 aliphatic heterocycles. The van der Waals surface area contributed by atoms with E-state index in [0.717, 1.165) is 29.3 Å². The zero-order valence-electron chi connectivity index (χ0n) is 15.9. The van der Waals surface area contributed by atoms with Crippen molar-refractivity contribution in [1.29, 1.82) is 0 Å². The summed E-state index contributed by atoms with van der Waals surface area (Å²) in [5, 5.41) is 4.97. The second-order valence-corrected chi connectivity index (χ2v) is 9.45. The van der Waals surface area contributed by atoms with Gasteiger partial charge >= 0.3 is 6.09 Å². The highest BCUT2D eigenvalue weighted by Gasteiger charge is 2.36. The lowest BCUT2D eigenvalue weighted by atomic mass is 10.2. The molecule has 0 bridgehead atoms. The molecular formula is C18H22FN3O5S. The molecule has 8 nitrogen and oxygen atoms in total. The van der Waals surface area contributed by atoms with Crippen molar-refractivity contribution in [1.82, 2.24) is 9.80 Å². The minimum atomic E-state index is -4.05. The standard InChI is InChI=1S/C18H22FN3O5S/c1-18(2,3)27-17(24)22-9-11-7-21(8-12(11)10-22)16(23)14-5-4-13(6-15(14)19)28(20,25)26/h4-6H,7-10H2,1-3H3,(H2,20,25,26). The van der Waals surface area contributed by atoms with Crippen molar-refractivity contribution >= 4 is 22.0 Å². The summed E-state index contributed by atoms with van der Waals surface area (Å²) in [5.74, 6) is -1.49. The number of benzene rings is 1. The molecule has 3 rings (SSSR count). The van der Waals surface area contributed by atoms with Gasteiger partial charge in [-0.25, -0.2) is 22.7 Å². The lowest BCUT2D eigenvalue weighted by molar-refractivity contribution is 0.0294. The molecule has 0 aliphatic carbocycles. The normalized spacial score (nSPS) is 17.2. The van der Waals surface area contributed by atoms with Crippen LogP contribution in [0.25, 0.3) is 0 Å². The van der Waals surface area contributed by atoms with Crippen LogP contribution in [0.15, 0.2) is 34.2 Å². The third-order valence-corrected chi connectivity index (χ3v) is 5.38. The Labute approximate surface area is 162 Å². The first-order chi connectivity index (χ1) is 12.8. The molecule has 0 unspecified atom stereocenters. The third kappa shape index (κ3) is 4.17. The highest BCUT2D eigenvalue weighted by Crippen LogP contribution is 2.28. The van der Waals surface area contributed by atoms with Crippen LogP contribution in [0, 0.1) is 5.82 Å². The maximum absolute atomic E-state index is 14.2. The van der Waals surface area contributed by atoms with E-state index in [4.69, 9.17) is 9.88 Å². The topological polar surface area (TPSA) is 110 Å². The van der Waals surface area contributed by atoms with Crippen LogP contribution >= 0.6 is 0 Å². The molecule has 2 aliphatic rings.